The summed E-state index contributed by atoms with van der Waals surface area (Å²) in [6.45, 7) is 1.85. The minimum Gasteiger partial charge on any atom is -0.370 e. The lowest BCUT2D eigenvalue weighted by molar-refractivity contribution is -0.119. The maximum atomic E-state index is 11.2. The molecular formula is C14H22Cl3N7OS. The normalized spacial score (nSPS) is 9.04. The molecule has 0 radical (unpaired) electrons. The highest BCUT2D eigenvalue weighted by Gasteiger charge is 2.13. The number of halogens is 3. The maximum absolute atomic E-state index is 11.2. The number of nitrogens with two attached hydrogens (primary N) is 2. The third-order valence-corrected chi connectivity index (χ3v) is 3.64. The first-order valence-corrected chi connectivity index (χ1v) is 7.72. The molecule has 0 fully saturated rings. The van der Waals surface area contributed by atoms with E-state index in [0.29, 0.717) is 23.1 Å². The van der Waals surface area contributed by atoms with Crippen LogP contribution < -0.4 is 21.7 Å². The summed E-state index contributed by atoms with van der Waals surface area (Å²) < 4.78 is 0. The van der Waals surface area contributed by atoms with Crippen LogP contribution in [0.1, 0.15) is 12.5 Å². The van der Waals surface area contributed by atoms with Crippen molar-refractivity contribution in [1.82, 2.24) is 15.3 Å². The highest BCUT2D eigenvalue weighted by atomic mass is 35.5. The molecule has 8 nitrogen and oxygen atoms in total. The zero-order valence-electron chi connectivity index (χ0n) is 14.4. The van der Waals surface area contributed by atoms with Gasteiger partial charge in [-0.3, -0.25) is 4.79 Å². The quantitative estimate of drug-likeness (QED) is 0.481. The van der Waals surface area contributed by atoms with E-state index in [0.717, 1.165) is 11.4 Å². The van der Waals surface area contributed by atoms with Crippen molar-refractivity contribution in [3.8, 4) is 11.4 Å². The minimum atomic E-state index is -0.105. The van der Waals surface area contributed by atoms with Crippen molar-refractivity contribution in [3.63, 3.8) is 0 Å². The number of nitrogens with zero attached hydrogens (tertiary/aromatic N) is 4. The molecule has 0 aliphatic carbocycles. The van der Waals surface area contributed by atoms with Crippen LogP contribution in [-0.2, 0) is 11.3 Å². The third kappa shape index (κ3) is 7.20. The number of anilines is 1. The molecule has 0 aromatic carbocycles. The average Bonchev–Trinajstić information content (AvgIpc) is 2.92. The molecule has 0 aliphatic rings. The molecule has 0 unspecified atom stereocenters. The first-order valence-electron chi connectivity index (χ1n) is 6.84. The van der Waals surface area contributed by atoms with Gasteiger partial charge < -0.3 is 21.7 Å². The fraction of sp³-hybridized carbons (Fsp3) is 0.286. The van der Waals surface area contributed by atoms with E-state index in [9.17, 15) is 4.79 Å². The summed E-state index contributed by atoms with van der Waals surface area (Å²) >= 11 is 1.32. The number of guanidine groups is 1. The predicted octanol–water partition coefficient (Wildman–Crippen LogP) is 2.08. The number of aliphatic imine (C=N–C) groups is 1. The van der Waals surface area contributed by atoms with Crippen molar-refractivity contribution >= 4 is 71.4 Å². The van der Waals surface area contributed by atoms with E-state index < -0.39 is 0 Å². The standard InChI is InChI=1S/C14H19N7OS.3ClH/c1-8(22)17-6-9-4-5-11(21(2)3)19-12(9)10-7-23-14(18-10)20-13(15)16;;;/h4-5,7H,6H2,1-3H3,(H,17,22)(H4,15,16,18,20);3*1H. The average molecular weight is 443 g/mol. The van der Waals surface area contributed by atoms with Crippen LogP contribution in [0, 0.1) is 0 Å². The molecule has 2 rings (SSSR count). The van der Waals surface area contributed by atoms with Crippen molar-refractivity contribution in [2.75, 3.05) is 19.0 Å². The number of pyridine rings is 1. The van der Waals surface area contributed by atoms with Gasteiger partial charge in [0.25, 0.3) is 0 Å². The first-order chi connectivity index (χ1) is 10.9. The van der Waals surface area contributed by atoms with E-state index in [-0.39, 0.29) is 49.1 Å². The zero-order valence-corrected chi connectivity index (χ0v) is 17.7. The van der Waals surface area contributed by atoms with E-state index in [1.54, 1.807) is 0 Å². The topological polar surface area (TPSA) is 123 Å². The van der Waals surface area contributed by atoms with Crippen LogP contribution >= 0.6 is 48.6 Å². The van der Waals surface area contributed by atoms with E-state index in [4.69, 9.17) is 11.5 Å². The van der Waals surface area contributed by atoms with E-state index in [2.05, 4.69) is 20.3 Å². The highest BCUT2D eigenvalue weighted by Crippen LogP contribution is 2.29. The fourth-order valence-electron chi connectivity index (χ4n) is 1.85. The van der Waals surface area contributed by atoms with Gasteiger partial charge in [-0.15, -0.1) is 48.6 Å². The van der Waals surface area contributed by atoms with E-state index in [1.807, 2.05) is 36.5 Å². The summed E-state index contributed by atoms with van der Waals surface area (Å²) in [5.41, 5.74) is 13.0. The maximum Gasteiger partial charge on any atom is 0.217 e. The van der Waals surface area contributed by atoms with Crippen molar-refractivity contribution in [3.05, 3.63) is 23.1 Å². The minimum absolute atomic E-state index is 0. The number of aromatic nitrogens is 2. The predicted molar refractivity (Wildman–Crippen MR) is 114 cm³/mol. The fourth-order valence-corrected chi connectivity index (χ4v) is 2.54. The van der Waals surface area contributed by atoms with Gasteiger partial charge in [0.05, 0.1) is 5.69 Å². The van der Waals surface area contributed by atoms with Gasteiger partial charge in [0.2, 0.25) is 11.0 Å². The monoisotopic (exact) mass is 441 g/mol. The number of hydrogen-bond donors (Lipinski definition) is 3. The second kappa shape index (κ2) is 11.7. The molecule has 0 saturated carbocycles. The van der Waals surface area contributed by atoms with Crippen LogP contribution in [0.15, 0.2) is 22.5 Å². The number of amides is 1. The van der Waals surface area contributed by atoms with Crippen molar-refractivity contribution < 1.29 is 4.79 Å². The van der Waals surface area contributed by atoms with Gasteiger partial charge in [-0.05, 0) is 11.6 Å². The molecular weight excluding hydrogens is 421 g/mol. The van der Waals surface area contributed by atoms with Crippen LogP contribution in [0.5, 0.6) is 0 Å². The Morgan fingerprint density at radius 3 is 2.42 bits per heavy atom. The molecule has 0 bridgehead atoms. The second-order valence-corrected chi connectivity index (χ2v) is 5.87. The van der Waals surface area contributed by atoms with Crippen LogP contribution in [0.4, 0.5) is 10.9 Å². The van der Waals surface area contributed by atoms with Gasteiger partial charge in [0.15, 0.2) is 5.96 Å². The Bertz CT molecular complexity index is 748. The van der Waals surface area contributed by atoms with Gasteiger partial charge in [0.1, 0.15) is 11.5 Å². The molecule has 0 atom stereocenters. The van der Waals surface area contributed by atoms with E-state index >= 15 is 0 Å². The Kier molecular flexibility index (Phi) is 11.9. The van der Waals surface area contributed by atoms with Crippen LogP contribution in [-0.4, -0.2) is 35.9 Å². The summed E-state index contributed by atoms with van der Waals surface area (Å²) in [6.07, 6.45) is 0. The molecule has 146 valence electrons. The molecule has 2 heterocycles. The largest absolute Gasteiger partial charge is 0.370 e. The zero-order chi connectivity index (χ0) is 17.0. The Morgan fingerprint density at radius 1 is 1.23 bits per heavy atom. The lowest BCUT2D eigenvalue weighted by Crippen LogP contribution is -2.21. The molecule has 12 heteroatoms. The van der Waals surface area contributed by atoms with Crippen LogP contribution in [0.25, 0.3) is 11.4 Å². The number of thiazole rings is 1. The van der Waals surface area contributed by atoms with Crippen molar-refractivity contribution in [2.45, 2.75) is 13.5 Å². The van der Waals surface area contributed by atoms with Crippen LogP contribution in [0.2, 0.25) is 0 Å². The van der Waals surface area contributed by atoms with Gasteiger partial charge in [0, 0.05) is 32.9 Å². The van der Waals surface area contributed by atoms with Gasteiger partial charge in [-0.2, -0.15) is 4.99 Å². The van der Waals surface area contributed by atoms with Gasteiger partial charge in [-0.25, -0.2) is 9.97 Å². The molecule has 5 N–H and O–H groups in total. The van der Waals surface area contributed by atoms with Gasteiger partial charge in [-0.1, -0.05) is 6.07 Å². The smallest absolute Gasteiger partial charge is 0.217 e. The molecule has 0 saturated heterocycles. The van der Waals surface area contributed by atoms with Crippen molar-refractivity contribution in [1.29, 1.82) is 0 Å². The number of nitrogens with one attached hydrogen (secondary N) is 1. The summed E-state index contributed by atoms with van der Waals surface area (Å²) in [6, 6.07) is 3.82. The number of carbonyl (C=O) groups is 1. The highest BCUT2D eigenvalue weighted by molar-refractivity contribution is 7.13. The number of hydrogen-bond acceptors (Lipinski definition) is 6. The second-order valence-electron chi connectivity index (χ2n) is 5.03. The van der Waals surface area contributed by atoms with Crippen molar-refractivity contribution in [2.24, 2.45) is 16.5 Å². The molecule has 1 amide bonds. The van der Waals surface area contributed by atoms with Crippen LogP contribution in [0.3, 0.4) is 0 Å². The Hall–Kier alpha value is -1.81. The SMILES string of the molecule is CC(=O)NCc1ccc(N(C)C)nc1-c1csc(N=C(N)N)n1.Cl.Cl.Cl. The third-order valence-electron chi connectivity index (χ3n) is 2.91. The van der Waals surface area contributed by atoms with E-state index in [1.165, 1.54) is 18.3 Å². The Labute approximate surface area is 174 Å². The molecule has 0 aliphatic heterocycles. The lowest BCUT2D eigenvalue weighted by Gasteiger charge is -2.14. The number of rotatable bonds is 5. The summed E-state index contributed by atoms with van der Waals surface area (Å²) in [7, 11) is 3.82. The summed E-state index contributed by atoms with van der Waals surface area (Å²) in [4.78, 5) is 26.0. The first kappa shape index (κ1) is 26.4. The summed E-state index contributed by atoms with van der Waals surface area (Å²) in [5, 5.41) is 5.07. The summed E-state index contributed by atoms with van der Waals surface area (Å²) in [5.74, 6) is 0.648. The molecule has 0 spiro atoms. The van der Waals surface area contributed by atoms with Gasteiger partial charge >= 0.3 is 0 Å². The Morgan fingerprint density at radius 2 is 1.88 bits per heavy atom. The Balaban J connectivity index is 0. The molecule has 2 aromatic heterocycles. The number of carbonyl (C=O) groups excluding carboxylic acids is 1. The lowest BCUT2D eigenvalue weighted by atomic mass is 10.1. The molecule has 2 aromatic rings. The molecule has 26 heavy (non-hydrogen) atoms.